The van der Waals surface area contributed by atoms with Crippen molar-refractivity contribution < 1.29 is 14.3 Å². The lowest BCUT2D eigenvalue weighted by molar-refractivity contribution is -0.113. The summed E-state index contributed by atoms with van der Waals surface area (Å²) in [7, 11) is 1.31. The van der Waals surface area contributed by atoms with Gasteiger partial charge in [-0.25, -0.2) is 9.78 Å². The zero-order valence-electron chi connectivity index (χ0n) is 15.1. The van der Waals surface area contributed by atoms with Gasteiger partial charge in [-0.1, -0.05) is 25.1 Å². The predicted octanol–water partition coefficient (Wildman–Crippen LogP) is 2.92. The molecule has 0 saturated carbocycles. The van der Waals surface area contributed by atoms with Crippen molar-refractivity contribution in [3.8, 4) is 0 Å². The number of carbonyl (C=O) groups excluding carboxylic acids is 2. The summed E-state index contributed by atoms with van der Waals surface area (Å²) in [6.07, 6.45) is 1.59. The normalized spacial score (nSPS) is 10.6. The van der Waals surface area contributed by atoms with Crippen LogP contribution in [0.4, 0.5) is 5.00 Å². The van der Waals surface area contributed by atoms with Crippen LogP contribution in [-0.4, -0.2) is 34.7 Å². The van der Waals surface area contributed by atoms with E-state index in [1.165, 1.54) is 24.5 Å². The van der Waals surface area contributed by atoms with Gasteiger partial charge in [-0.3, -0.25) is 9.59 Å². The van der Waals surface area contributed by atoms with Gasteiger partial charge in [-0.05, 0) is 25.8 Å². The summed E-state index contributed by atoms with van der Waals surface area (Å²) in [6, 6.07) is 1.47. The topological polar surface area (TPSA) is 101 Å². The third-order valence-electron chi connectivity index (χ3n) is 3.65. The molecule has 140 valence electrons. The van der Waals surface area contributed by atoms with Crippen LogP contribution in [0.25, 0.3) is 0 Å². The van der Waals surface area contributed by atoms with Gasteiger partial charge in [0, 0.05) is 16.6 Å². The Hall–Kier alpha value is -2.13. The first kappa shape index (κ1) is 20.2. The van der Waals surface area contributed by atoms with E-state index in [-0.39, 0.29) is 17.2 Å². The number of nitrogens with one attached hydrogen (secondary N) is 2. The molecule has 7 nitrogen and oxygen atoms in total. The van der Waals surface area contributed by atoms with Gasteiger partial charge in [0.15, 0.2) is 5.16 Å². The predicted molar refractivity (Wildman–Crippen MR) is 103 cm³/mol. The minimum atomic E-state index is -0.479. The van der Waals surface area contributed by atoms with Crippen molar-refractivity contribution in [2.45, 2.75) is 38.8 Å². The molecule has 2 rings (SSSR count). The van der Waals surface area contributed by atoms with Crippen LogP contribution in [0.5, 0.6) is 0 Å². The molecule has 0 unspecified atom stereocenters. The molecule has 0 atom stereocenters. The van der Waals surface area contributed by atoms with E-state index >= 15 is 0 Å². The number of hydrogen-bond donors (Lipinski definition) is 2. The number of aryl methyl sites for hydroxylation is 2. The van der Waals surface area contributed by atoms with E-state index in [0.29, 0.717) is 27.8 Å². The second-order valence-electron chi connectivity index (χ2n) is 5.61. The number of aromatic amines is 1. The number of carbonyl (C=O) groups is 2. The summed E-state index contributed by atoms with van der Waals surface area (Å²) in [6.45, 7) is 5.70. The molecule has 2 aromatic rings. The quantitative estimate of drug-likeness (QED) is 0.425. The van der Waals surface area contributed by atoms with Crippen LogP contribution < -0.4 is 10.9 Å². The second-order valence-corrected chi connectivity index (χ2v) is 7.80. The van der Waals surface area contributed by atoms with E-state index in [1.807, 2.05) is 20.8 Å². The molecule has 0 saturated heterocycles. The lowest BCUT2D eigenvalue weighted by Crippen LogP contribution is -2.17. The van der Waals surface area contributed by atoms with Crippen molar-refractivity contribution in [2.24, 2.45) is 0 Å². The Kier molecular flexibility index (Phi) is 6.98. The molecule has 2 heterocycles. The van der Waals surface area contributed by atoms with Gasteiger partial charge in [0.2, 0.25) is 5.91 Å². The van der Waals surface area contributed by atoms with Crippen molar-refractivity contribution in [2.75, 3.05) is 18.2 Å². The molecule has 0 bridgehead atoms. The number of thioether (sulfide) groups is 1. The first-order valence-corrected chi connectivity index (χ1v) is 9.87. The van der Waals surface area contributed by atoms with Gasteiger partial charge < -0.3 is 15.0 Å². The second kappa shape index (κ2) is 9.00. The molecule has 0 spiro atoms. The Morgan fingerprint density at radius 3 is 2.77 bits per heavy atom. The summed E-state index contributed by atoms with van der Waals surface area (Å²) in [5.41, 5.74) is 1.65. The smallest absolute Gasteiger partial charge is 0.341 e. The maximum absolute atomic E-state index is 12.3. The third-order valence-corrected chi connectivity index (χ3v) is 5.64. The highest BCUT2D eigenvalue weighted by Gasteiger charge is 2.21. The zero-order chi connectivity index (χ0) is 19.3. The molecule has 2 aromatic heterocycles. The Bertz CT molecular complexity index is 873. The van der Waals surface area contributed by atoms with Crippen LogP contribution in [0.3, 0.4) is 0 Å². The van der Waals surface area contributed by atoms with Crippen molar-refractivity contribution in [3.63, 3.8) is 0 Å². The van der Waals surface area contributed by atoms with Crippen LogP contribution in [0.15, 0.2) is 16.0 Å². The number of ether oxygens (including phenoxy) is 1. The number of nitrogens with zero attached hydrogens (tertiary/aromatic N) is 1. The van der Waals surface area contributed by atoms with Crippen LogP contribution >= 0.6 is 23.1 Å². The van der Waals surface area contributed by atoms with Crippen LogP contribution in [0, 0.1) is 13.8 Å². The number of rotatable bonds is 7. The van der Waals surface area contributed by atoms with E-state index in [4.69, 9.17) is 4.74 Å². The van der Waals surface area contributed by atoms with Crippen molar-refractivity contribution in [1.82, 2.24) is 9.97 Å². The molecule has 9 heteroatoms. The Morgan fingerprint density at radius 2 is 2.12 bits per heavy atom. The number of H-pyrrole nitrogens is 1. The summed E-state index contributed by atoms with van der Waals surface area (Å²) < 4.78 is 4.79. The van der Waals surface area contributed by atoms with Gasteiger partial charge in [-0.2, -0.15) is 0 Å². The number of methoxy groups -OCH3 is 1. The van der Waals surface area contributed by atoms with Gasteiger partial charge in [-0.15, -0.1) is 11.3 Å². The minimum absolute atomic E-state index is 0.0646. The van der Waals surface area contributed by atoms with Crippen molar-refractivity contribution in [3.05, 3.63) is 38.1 Å². The number of thiophene rings is 1. The molecular weight excluding hydrogens is 374 g/mol. The maximum Gasteiger partial charge on any atom is 0.341 e. The Balaban J connectivity index is 2.07. The molecule has 0 aliphatic carbocycles. The molecule has 0 aromatic carbocycles. The third kappa shape index (κ3) is 4.95. The average molecular weight is 396 g/mol. The highest BCUT2D eigenvalue weighted by atomic mass is 32.2. The molecule has 0 radical (unpaired) electrons. The monoisotopic (exact) mass is 395 g/mol. The minimum Gasteiger partial charge on any atom is -0.465 e. The first-order chi connectivity index (χ1) is 12.3. The van der Waals surface area contributed by atoms with Crippen LogP contribution in [-0.2, 0) is 16.0 Å². The highest BCUT2D eigenvalue weighted by Crippen LogP contribution is 2.33. The lowest BCUT2D eigenvalue weighted by Gasteiger charge is -2.06. The SMILES string of the molecule is CCCc1cc(=O)[nH]c(SCC(=O)Nc2sc(C)c(C)c2C(=O)OC)n1. The Morgan fingerprint density at radius 1 is 1.38 bits per heavy atom. The fourth-order valence-corrected chi connectivity index (χ4v) is 4.05. The zero-order valence-corrected chi connectivity index (χ0v) is 16.7. The largest absolute Gasteiger partial charge is 0.465 e. The average Bonchev–Trinajstić information content (AvgIpc) is 2.86. The van der Waals surface area contributed by atoms with E-state index < -0.39 is 5.97 Å². The number of esters is 1. The lowest BCUT2D eigenvalue weighted by atomic mass is 10.1. The van der Waals surface area contributed by atoms with E-state index in [0.717, 1.165) is 28.6 Å². The number of amides is 1. The summed E-state index contributed by atoms with van der Waals surface area (Å²) >= 11 is 2.47. The fourth-order valence-electron chi connectivity index (χ4n) is 2.30. The van der Waals surface area contributed by atoms with Gasteiger partial charge >= 0.3 is 5.97 Å². The number of hydrogen-bond acceptors (Lipinski definition) is 7. The van der Waals surface area contributed by atoms with Gasteiger partial charge in [0.1, 0.15) is 5.00 Å². The summed E-state index contributed by atoms with van der Waals surface area (Å²) in [5, 5.41) is 3.63. The van der Waals surface area contributed by atoms with E-state index in [1.54, 1.807) is 0 Å². The summed E-state index contributed by atoms with van der Waals surface area (Å²) in [4.78, 5) is 43.8. The van der Waals surface area contributed by atoms with Crippen molar-refractivity contribution in [1.29, 1.82) is 0 Å². The molecular formula is C17H21N3O4S2. The van der Waals surface area contributed by atoms with E-state index in [2.05, 4.69) is 15.3 Å². The molecule has 0 aliphatic rings. The standard InChI is InChI=1S/C17H21N3O4S2/c1-5-6-11-7-12(21)20-17(18-11)25-8-13(22)19-15-14(16(23)24-4)9(2)10(3)26-15/h7H,5-6,8H2,1-4H3,(H,19,22)(H,18,20,21). The van der Waals surface area contributed by atoms with Crippen LogP contribution in [0.1, 0.15) is 39.8 Å². The molecule has 26 heavy (non-hydrogen) atoms. The highest BCUT2D eigenvalue weighted by molar-refractivity contribution is 7.99. The Labute approximate surface area is 159 Å². The molecule has 0 fully saturated rings. The van der Waals surface area contributed by atoms with Gasteiger partial charge in [0.05, 0.1) is 18.4 Å². The molecule has 1 amide bonds. The number of aromatic nitrogens is 2. The van der Waals surface area contributed by atoms with Crippen LogP contribution in [0.2, 0.25) is 0 Å². The summed E-state index contributed by atoms with van der Waals surface area (Å²) in [5.74, 6) is -0.701. The van der Waals surface area contributed by atoms with E-state index in [9.17, 15) is 14.4 Å². The van der Waals surface area contributed by atoms with Crippen molar-refractivity contribution >= 4 is 40.0 Å². The molecule has 0 aliphatic heterocycles. The first-order valence-electron chi connectivity index (χ1n) is 8.06. The fraction of sp³-hybridized carbons (Fsp3) is 0.412. The number of anilines is 1. The molecule has 2 N–H and O–H groups in total. The maximum atomic E-state index is 12.3. The van der Waals surface area contributed by atoms with Gasteiger partial charge in [0.25, 0.3) is 5.56 Å².